The van der Waals surface area contributed by atoms with Crippen LogP contribution in [0, 0.1) is 0 Å². The number of fused-ring (bicyclic) bond motifs is 1. The summed E-state index contributed by atoms with van der Waals surface area (Å²) in [6, 6.07) is 15.8. The fourth-order valence-corrected chi connectivity index (χ4v) is 6.37. The third kappa shape index (κ3) is 7.80. The van der Waals surface area contributed by atoms with Crippen LogP contribution in [0.25, 0.3) is 28.3 Å². The van der Waals surface area contributed by atoms with Crippen LogP contribution in [0.4, 0.5) is 0 Å². The van der Waals surface area contributed by atoms with Gasteiger partial charge >= 0.3 is 57.1 Å². The van der Waals surface area contributed by atoms with E-state index in [0.717, 1.165) is 78.5 Å². The van der Waals surface area contributed by atoms with Crippen molar-refractivity contribution in [1.29, 1.82) is 0 Å². The Hall–Kier alpha value is -2.71. The van der Waals surface area contributed by atoms with Gasteiger partial charge in [0.05, 0.1) is 23.5 Å². The van der Waals surface area contributed by atoms with Gasteiger partial charge in [-0.05, 0) is 76.0 Å². The van der Waals surface area contributed by atoms with Gasteiger partial charge < -0.3 is 9.84 Å². The maximum atomic E-state index is 14.4. The first-order chi connectivity index (χ1) is 22.1. The molecular formula is C35H43KN6O5. The van der Waals surface area contributed by atoms with Gasteiger partial charge in [-0.2, -0.15) is 10.1 Å². The minimum absolute atomic E-state index is 0. The molecule has 47 heavy (non-hydrogen) atoms. The van der Waals surface area contributed by atoms with E-state index in [-0.39, 0.29) is 75.2 Å². The molecule has 11 nitrogen and oxygen atoms in total. The Morgan fingerprint density at radius 2 is 1.77 bits per heavy atom. The molecule has 3 heterocycles. The topological polar surface area (TPSA) is 141 Å². The molecule has 0 spiro atoms. The van der Waals surface area contributed by atoms with E-state index in [9.17, 15) is 14.7 Å². The van der Waals surface area contributed by atoms with Crippen molar-refractivity contribution >= 4 is 57.2 Å². The van der Waals surface area contributed by atoms with Gasteiger partial charge in [0.2, 0.25) is 5.78 Å². The number of nitrogens with zero attached hydrogens (tertiary/aromatic N) is 5. The number of aryl methyl sites for hydroxylation is 1. The zero-order valence-corrected chi connectivity index (χ0v) is 26.9. The van der Waals surface area contributed by atoms with Crippen molar-refractivity contribution in [2.45, 2.75) is 103 Å². The summed E-state index contributed by atoms with van der Waals surface area (Å²) in [5.41, 5.74) is 4.37. The van der Waals surface area contributed by atoms with Gasteiger partial charge in [0.1, 0.15) is 6.33 Å². The number of aromatic amines is 1. The first-order valence-corrected chi connectivity index (χ1v) is 16.2. The molecule has 5 aromatic rings. The molecule has 1 saturated carbocycles. The molecule has 6 rings (SSSR count). The number of H-pyrrole nitrogens is 1. The van der Waals surface area contributed by atoms with E-state index < -0.39 is 11.4 Å². The molecule has 1 unspecified atom stereocenters. The number of hydrogen-bond donors (Lipinski definition) is 2. The number of nitrogens with one attached hydrogen (secondary N) is 1. The van der Waals surface area contributed by atoms with Crippen molar-refractivity contribution in [3.05, 3.63) is 92.6 Å². The van der Waals surface area contributed by atoms with Gasteiger partial charge in [0, 0.05) is 23.6 Å². The van der Waals surface area contributed by atoms with E-state index in [2.05, 4.69) is 27.1 Å². The van der Waals surface area contributed by atoms with Crippen molar-refractivity contribution in [3.8, 4) is 22.5 Å². The molecule has 0 radical (unpaired) electrons. The van der Waals surface area contributed by atoms with Crippen molar-refractivity contribution < 1.29 is 14.4 Å². The van der Waals surface area contributed by atoms with Crippen LogP contribution < -0.4 is 11.3 Å². The van der Waals surface area contributed by atoms with Crippen molar-refractivity contribution in [2.75, 3.05) is 0 Å². The normalized spacial score (nSPS) is 17.5. The van der Waals surface area contributed by atoms with Crippen LogP contribution in [0.3, 0.4) is 0 Å². The number of benzene rings is 2. The summed E-state index contributed by atoms with van der Waals surface area (Å²) in [7, 11) is 0. The van der Waals surface area contributed by atoms with Crippen LogP contribution in [0.2, 0.25) is 0 Å². The third-order valence-corrected chi connectivity index (χ3v) is 9.26. The second-order valence-electron chi connectivity index (χ2n) is 12.9. The minimum atomic E-state index is -0.913. The SMILES string of the molecule is CCCCc1c(Cc2ccc(-c3ccccc3-c3noc(=O)[nH]3)cc2)c(=O)n([C@H]2CC[C@H](OC(C)C(C)(C)O)CC2)c2ncnn12.[KH]. The summed E-state index contributed by atoms with van der Waals surface area (Å²) in [5.74, 6) is 0.363. The number of aliphatic hydroxyl groups is 1. The van der Waals surface area contributed by atoms with E-state index >= 15 is 0 Å². The van der Waals surface area contributed by atoms with Gasteiger partial charge in [0.25, 0.3) is 5.56 Å². The summed E-state index contributed by atoms with van der Waals surface area (Å²) in [5, 5.41) is 18.8. The van der Waals surface area contributed by atoms with Crippen LogP contribution in [0.1, 0.15) is 89.1 Å². The van der Waals surface area contributed by atoms with Gasteiger partial charge in [-0.3, -0.25) is 18.9 Å². The van der Waals surface area contributed by atoms with Crippen molar-refractivity contribution in [1.82, 2.24) is 29.3 Å². The molecule has 0 saturated heterocycles. The van der Waals surface area contributed by atoms with E-state index in [4.69, 9.17) is 9.26 Å². The first-order valence-electron chi connectivity index (χ1n) is 16.2. The van der Waals surface area contributed by atoms with Crippen LogP contribution in [-0.2, 0) is 17.6 Å². The summed E-state index contributed by atoms with van der Waals surface area (Å²) in [6.07, 6.45) is 7.60. The summed E-state index contributed by atoms with van der Waals surface area (Å²) in [4.78, 5) is 33.2. The Morgan fingerprint density at radius 1 is 1.06 bits per heavy atom. The van der Waals surface area contributed by atoms with E-state index in [0.29, 0.717) is 18.0 Å². The average molecular weight is 667 g/mol. The number of ether oxygens (including phenoxy) is 1. The Bertz CT molecular complexity index is 1910. The number of aromatic nitrogens is 6. The Kier molecular flexibility index (Phi) is 11.5. The molecule has 2 N–H and O–H groups in total. The molecule has 0 amide bonds. The summed E-state index contributed by atoms with van der Waals surface area (Å²) >= 11 is 0. The monoisotopic (exact) mass is 666 g/mol. The molecule has 244 valence electrons. The average Bonchev–Trinajstić information content (AvgIpc) is 3.71. The van der Waals surface area contributed by atoms with Gasteiger partial charge in [0.15, 0.2) is 5.82 Å². The van der Waals surface area contributed by atoms with Gasteiger partial charge in [-0.25, -0.2) is 9.31 Å². The van der Waals surface area contributed by atoms with Crippen LogP contribution >= 0.6 is 0 Å². The standard InChI is InChI=1S/C35H42N6O5.K.H/c1-5-6-11-30-29(20-23-12-14-24(15-13-23)27-9-7-8-10-28(27)31-38-34(43)46-39-31)32(42)40(33-36-21-37-41(30)33)25-16-18-26(19-17-25)45-22(2)35(3,4)44;;/h7-10,12-15,21-22,25-26,44H,5-6,11,16-20H2,1-4H3,(H,38,39,43);;/t22?,25-,26-;;. The maximum absolute atomic E-state index is 14.4. The van der Waals surface area contributed by atoms with Gasteiger partial charge in [-0.1, -0.05) is 67.0 Å². The van der Waals surface area contributed by atoms with Gasteiger partial charge in [-0.15, -0.1) is 0 Å². The quantitative estimate of drug-likeness (QED) is 0.191. The second kappa shape index (κ2) is 15.2. The molecule has 0 aliphatic heterocycles. The summed E-state index contributed by atoms with van der Waals surface area (Å²) in [6.45, 7) is 7.58. The Labute approximate surface area is 316 Å². The molecule has 3 aromatic heterocycles. The Morgan fingerprint density at radius 3 is 2.40 bits per heavy atom. The fraction of sp³-hybridized carbons (Fsp3) is 0.457. The molecule has 1 aliphatic carbocycles. The molecule has 1 aliphatic rings. The van der Waals surface area contributed by atoms with Crippen molar-refractivity contribution in [2.24, 2.45) is 0 Å². The number of hydrogen-bond acceptors (Lipinski definition) is 8. The molecule has 12 heteroatoms. The van der Waals surface area contributed by atoms with E-state index in [1.54, 1.807) is 20.2 Å². The number of rotatable bonds is 11. The zero-order chi connectivity index (χ0) is 32.4. The summed E-state index contributed by atoms with van der Waals surface area (Å²) < 4.78 is 14.7. The van der Waals surface area contributed by atoms with Crippen LogP contribution in [0.5, 0.6) is 0 Å². The molecule has 0 bridgehead atoms. The Balaban J connectivity index is 0.00000433. The number of unbranched alkanes of at least 4 members (excludes halogenated alkanes) is 1. The van der Waals surface area contributed by atoms with Crippen LogP contribution in [0.15, 0.2) is 69.0 Å². The molecule has 2 aromatic carbocycles. The third-order valence-electron chi connectivity index (χ3n) is 9.26. The predicted octanol–water partition coefficient (Wildman–Crippen LogP) is 4.85. The van der Waals surface area contributed by atoms with E-state index in [1.165, 1.54) is 0 Å². The molecule has 1 atom stereocenters. The second-order valence-corrected chi connectivity index (χ2v) is 12.9. The predicted molar refractivity (Wildman–Crippen MR) is 182 cm³/mol. The molecule has 1 fully saturated rings. The van der Waals surface area contributed by atoms with E-state index in [1.807, 2.05) is 64.5 Å². The fourth-order valence-electron chi connectivity index (χ4n) is 6.37. The van der Waals surface area contributed by atoms with Crippen molar-refractivity contribution in [3.63, 3.8) is 0 Å². The zero-order valence-electron chi connectivity index (χ0n) is 26.9. The van der Waals surface area contributed by atoms with Crippen LogP contribution in [-0.4, -0.2) is 104 Å². The molecular weight excluding hydrogens is 624 g/mol. The first kappa shape index (κ1) is 35.6.